The number of phenolic OH excluding ortho intramolecular Hbond substituents is 1. The van der Waals surface area contributed by atoms with Gasteiger partial charge in [-0.25, -0.2) is 4.39 Å². The van der Waals surface area contributed by atoms with E-state index in [-0.39, 0.29) is 17.7 Å². The van der Waals surface area contributed by atoms with Crippen LogP contribution in [0.15, 0.2) is 53.9 Å². The van der Waals surface area contributed by atoms with Crippen LogP contribution in [-0.4, -0.2) is 22.5 Å². The Morgan fingerprint density at radius 2 is 2.00 bits per heavy atom. The number of carbonyl (C=O) groups excluding carboxylic acids is 1. The van der Waals surface area contributed by atoms with E-state index in [1.807, 2.05) is 29.2 Å². The highest BCUT2D eigenvalue weighted by molar-refractivity contribution is 7.12. The van der Waals surface area contributed by atoms with Crippen molar-refractivity contribution in [1.29, 1.82) is 0 Å². The van der Waals surface area contributed by atoms with Gasteiger partial charge in [0.05, 0.1) is 11.1 Å². The van der Waals surface area contributed by atoms with Crippen LogP contribution >= 0.6 is 22.9 Å². The normalized spacial score (nSPS) is 16.7. The van der Waals surface area contributed by atoms with Gasteiger partial charge in [0.1, 0.15) is 16.4 Å². The number of thiophene rings is 1. The second kappa shape index (κ2) is 7.33. The van der Waals surface area contributed by atoms with E-state index in [1.165, 1.54) is 29.5 Å². The van der Waals surface area contributed by atoms with Crippen molar-refractivity contribution < 1.29 is 14.3 Å². The molecule has 1 N–H and O–H groups in total. The molecule has 1 unspecified atom stereocenters. The molecule has 1 fully saturated rings. The second-order valence-electron chi connectivity index (χ2n) is 6.51. The molecule has 1 aliphatic rings. The molecule has 4 rings (SSSR count). The van der Waals surface area contributed by atoms with E-state index in [2.05, 4.69) is 0 Å². The quantitative estimate of drug-likeness (QED) is 0.594. The summed E-state index contributed by atoms with van der Waals surface area (Å²) >= 11 is 7.49. The van der Waals surface area contributed by atoms with Crippen molar-refractivity contribution >= 4 is 28.8 Å². The predicted molar refractivity (Wildman–Crippen MR) is 106 cm³/mol. The molecule has 27 heavy (non-hydrogen) atoms. The van der Waals surface area contributed by atoms with Gasteiger partial charge in [0, 0.05) is 12.1 Å². The van der Waals surface area contributed by atoms with Crippen molar-refractivity contribution in [2.75, 3.05) is 6.54 Å². The van der Waals surface area contributed by atoms with Crippen LogP contribution in [0.1, 0.15) is 34.1 Å². The minimum atomic E-state index is -0.405. The maximum absolute atomic E-state index is 14.4. The van der Waals surface area contributed by atoms with E-state index in [0.29, 0.717) is 27.6 Å². The Hall–Kier alpha value is -2.37. The Labute approximate surface area is 165 Å². The fourth-order valence-electron chi connectivity index (χ4n) is 3.66. The van der Waals surface area contributed by atoms with Gasteiger partial charge >= 0.3 is 0 Å². The van der Waals surface area contributed by atoms with E-state index in [9.17, 15) is 14.3 Å². The van der Waals surface area contributed by atoms with E-state index in [4.69, 9.17) is 11.6 Å². The largest absolute Gasteiger partial charge is 0.508 e. The smallest absolute Gasteiger partial charge is 0.265 e. The standard InChI is InChI=1S/C21H17ClFNO2S/c22-17-9-11-27-20(17)21(26)24-10-3-6-19(24)15-5-2-1-4-14(15)16-12-13(25)7-8-18(16)23/h1-2,4-5,7-9,11-12,19,25H,3,6,10H2. The Balaban J connectivity index is 1.76. The average molecular weight is 402 g/mol. The van der Waals surface area contributed by atoms with Crippen molar-refractivity contribution in [3.63, 3.8) is 0 Å². The lowest BCUT2D eigenvalue weighted by Gasteiger charge is -2.27. The molecule has 3 aromatic rings. The van der Waals surface area contributed by atoms with Crippen LogP contribution in [0.3, 0.4) is 0 Å². The number of hydrogen-bond donors (Lipinski definition) is 1. The maximum Gasteiger partial charge on any atom is 0.265 e. The van der Waals surface area contributed by atoms with Crippen LogP contribution in [0.5, 0.6) is 5.75 Å². The van der Waals surface area contributed by atoms with Gasteiger partial charge in [0.25, 0.3) is 5.91 Å². The van der Waals surface area contributed by atoms with E-state index in [0.717, 1.165) is 18.4 Å². The summed E-state index contributed by atoms with van der Waals surface area (Å²) in [6.07, 6.45) is 1.67. The molecule has 2 aromatic carbocycles. The monoisotopic (exact) mass is 401 g/mol. The molecule has 1 amide bonds. The summed E-state index contributed by atoms with van der Waals surface area (Å²) in [6, 6.07) is 13.0. The molecular formula is C21H17ClFNO2S. The van der Waals surface area contributed by atoms with Gasteiger partial charge in [-0.05, 0) is 53.6 Å². The van der Waals surface area contributed by atoms with Crippen molar-refractivity contribution in [1.82, 2.24) is 4.90 Å². The number of benzene rings is 2. The van der Waals surface area contributed by atoms with Crippen LogP contribution < -0.4 is 0 Å². The zero-order chi connectivity index (χ0) is 19.0. The molecule has 2 heterocycles. The first-order valence-electron chi connectivity index (χ1n) is 8.68. The molecule has 0 saturated carbocycles. The predicted octanol–water partition coefficient (Wildman–Crippen LogP) is 5.89. The second-order valence-corrected chi connectivity index (χ2v) is 7.83. The molecule has 1 saturated heterocycles. The molecule has 138 valence electrons. The lowest BCUT2D eigenvalue weighted by Crippen LogP contribution is -2.30. The third-order valence-electron chi connectivity index (χ3n) is 4.88. The summed E-state index contributed by atoms with van der Waals surface area (Å²) in [7, 11) is 0. The summed E-state index contributed by atoms with van der Waals surface area (Å²) < 4.78 is 14.4. The Morgan fingerprint density at radius 1 is 1.19 bits per heavy atom. The summed E-state index contributed by atoms with van der Waals surface area (Å²) in [4.78, 5) is 15.4. The van der Waals surface area contributed by atoms with Crippen LogP contribution in [-0.2, 0) is 0 Å². The molecular weight excluding hydrogens is 385 g/mol. The number of hydrogen-bond acceptors (Lipinski definition) is 3. The summed E-state index contributed by atoms with van der Waals surface area (Å²) in [5.74, 6) is -0.493. The van der Waals surface area contributed by atoms with E-state index < -0.39 is 5.82 Å². The highest BCUT2D eigenvalue weighted by Crippen LogP contribution is 2.40. The highest BCUT2D eigenvalue weighted by Gasteiger charge is 2.33. The fraction of sp³-hybridized carbons (Fsp3) is 0.190. The molecule has 3 nitrogen and oxygen atoms in total. The first kappa shape index (κ1) is 18.0. The van der Waals surface area contributed by atoms with Gasteiger partial charge in [0.2, 0.25) is 0 Å². The van der Waals surface area contributed by atoms with Gasteiger partial charge in [-0.15, -0.1) is 11.3 Å². The lowest BCUT2D eigenvalue weighted by atomic mass is 9.93. The van der Waals surface area contributed by atoms with Crippen LogP contribution in [0.25, 0.3) is 11.1 Å². The van der Waals surface area contributed by atoms with Crippen LogP contribution in [0, 0.1) is 5.82 Å². The molecule has 0 radical (unpaired) electrons. The first-order valence-corrected chi connectivity index (χ1v) is 9.94. The van der Waals surface area contributed by atoms with Crippen molar-refractivity contribution in [3.8, 4) is 16.9 Å². The number of likely N-dealkylation sites (tertiary alicyclic amines) is 1. The number of phenols is 1. The number of aromatic hydroxyl groups is 1. The first-order chi connectivity index (χ1) is 13.1. The summed E-state index contributed by atoms with van der Waals surface area (Å²) in [5.41, 5.74) is 1.90. The third kappa shape index (κ3) is 3.33. The van der Waals surface area contributed by atoms with Crippen LogP contribution in [0.2, 0.25) is 5.02 Å². The fourth-order valence-corrected chi connectivity index (χ4v) is 4.75. The SMILES string of the molecule is O=C(c1sccc1Cl)N1CCCC1c1ccccc1-c1cc(O)ccc1F. The van der Waals surface area contributed by atoms with Gasteiger partial charge in [-0.2, -0.15) is 0 Å². The average Bonchev–Trinajstić information content (AvgIpc) is 3.32. The third-order valence-corrected chi connectivity index (χ3v) is 6.21. The Kier molecular flexibility index (Phi) is 4.89. The maximum atomic E-state index is 14.4. The minimum Gasteiger partial charge on any atom is -0.508 e. The molecule has 1 atom stereocenters. The van der Waals surface area contributed by atoms with E-state index >= 15 is 0 Å². The van der Waals surface area contributed by atoms with Gasteiger partial charge in [0.15, 0.2) is 0 Å². The Bertz CT molecular complexity index is 1000. The van der Waals surface area contributed by atoms with Gasteiger partial charge in [-0.1, -0.05) is 35.9 Å². The number of halogens is 2. The molecule has 6 heteroatoms. The van der Waals surface area contributed by atoms with Crippen LogP contribution in [0.4, 0.5) is 4.39 Å². The van der Waals surface area contributed by atoms with Gasteiger partial charge < -0.3 is 10.0 Å². The minimum absolute atomic E-state index is 0.00549. The molecule has 1 aliphatic heterocycles. The highest BCUT2D eigenvalue weighted by atomic mass is 35.5. The number of nitrogens with zero attached hydrogens (tertiary/aromatic N) is 1. The number of carbonyl (C=O) groups is 1. The molecule has 0 spiro atoms. The molecule has 0 aliphatic carbocycles. The van der Waals surface area contributed by atoms with Gasteiger partial charge in [-0.3, -0.25) is 4.79 Å². The molecule has 1 aromatic heterocycles. The number of rotatable bonds is 3. The van der Waals surface area contributed by atoms with E-state index in [1.54, 1.807) is 11.4 Å². The number of amides is 1. The van der Waals surface area contributed by atoms with Crippen molar-refractivity contribution in [3.05, 3.63) is 75.2 Å². The zero-order valence-electron chi connectivity index (χ0n) is 14.4. The zero-order valence-corrected chi connectivity index (χ0v) is 15.9. The van der Waals surface area contributed by atoms with Crippen molar-refractivity contribution in [2.24, 2.45) is 0 Å². The van der Waals surface area contributed by atoms with Crippen molar-refractivity contribution in [2.45, 2.75) is 18.9 Å². The Morgan fingerprint density at radius 3 is 2.78 bits per heavy atom. The summed E-state index contributed by atoms with van der Waals surface area (Å²) in [6.45, 7) is 0.634. The topological polar surface area (TPSA) is 40.5 Å². The summed E-state index contributed by atoms with van der Waals surface area (Å²) in [5, 5.41) is 12.1. The molecule has 0 bridgehead atoms. The lowest BCUT2D eigenvalue weighted by molar-refractivity contribution is 0.0741.